The summed E-state index contributed by atoms with van der Waals surface area (Å²) in [6, 6.07) is 0. The molecule has 2 N–H and O–H groups in total. The highest BCUT2D eigenvalue weighted by Crippen LogP contribution is 2.44. The van der Waals surface area contributed by atoms with Gasteiger partial charge in [0, 0.05) is 5.92 Å². The second kappa shape index (κ2) is 3.97. The molecular formula is C11H20O2. The minimum Gasteiger partial charge on any atom is -0.368 e. The molecule has 13 heavy (non-hydrogen) atoms. The van der Waals surface area contributed by atoms with Crippen LogP contribution in [0.2, 0.25) is 0 Å². The van der Waals surface area contributed by atoms with E-state index in [2.05, 4.69) is 0 Å². The van der Waals surface area contributed by atoms with Gasteiger partial charge in [0.2, 0.25) is 0 Å². The van der Waals surface area contributed by atoms with Crippen LogP contribution < -0.4 is 0 Å². The van der Waals surface area contributed by atoms with Crippen LogP contribution in [0.5, 0.6) is 0 Å². The van der Waals surface area contributed by atoms with Gasteiger partial charge in [-0.25, -0.2) is 0 Å². The van der Waals surface area contributed by atoms with Gasteiger partial charge in [0.15, 0.2) is 6.29 Å². The summed E-state index contributed by atoms with van der Waals surface area (Å²) in [5, 5.41) is 18.7. The molecule has 2 fully saturated rings. The molecule has 0 heterocycles. The molecule has 2 aliphatic carbocycles. The van der Waals surface area contributed by atoms with Crippen LogP contribution in [0.15, 0.2) is 0 Å². The van der Waals surface area contributed by atoms with Gasteiger partial charge in [-0.3, -0.25) is 0 Å². The van der Waals surface area contributed by atoms with Crippen LogP contribution in [-0.4, -0.2) is 16.5 Å². The fourth-order valence-corrected chi connectivity index (χ4v) is 3.04. The summed E-state index contributed by atoms with van der Waals surface area (Å²) in [5.74, 6) is 1.41. The van der Waals surface area contributed by atoms with Crippen molar-refractivity contribution in [3.8, 4) is 0 Å². The molecule has 76 valence electrons. The van der Waals surface area contributed by atoms with Crippen molar-refractivity contribution < 1.29 is 10.2 Å². The molecule has 0 amide bonds. The number of aliphatic hydroxyl groups excluding tert-OH is 1. The summed E-state index contributed by atoms with van der Waals surface area (Å²) in [6.07, 6.45) is 7.70. The first kappa shape index (κ1) is 9.47. The normalized spacial score (nSPS) is 27.9. The molecule has 2 rings (SSSR count). The van der Waals surface area contributed by atoms with Crippen molar-refractivity contribution >= 4 is 0 Å². The van der Waals surface area contributed by atoms with Gasteiger partial charge in [-0.1, -0.05) is 19.3 Å². The third-order valence-electron chi connectivity index (χ3n) is 3.98. The minimum absolute atomic E-state index is 0.191. The Balaban J connectivity index is 1.94. The van der Waals surface area contributed by atoms with E-state index in [0.29, 0.717) is 11.8 Å². The molecule has 0 aliphatic heterocycles. The first-order valence-electron chi connectivity index (χ1n) is 5.65. The lowest BCUT2D eigenvalue weighted by Crippen LogP contribution is -2.36. The molecule has 1 unspecified atom stereocenters. The Labute approximate surface area is 80.0 Å². The fraction of sp³-hybridized carbons (Fsp3) is 1.00. The summed E-state index contributed by atoms with van der Waals surface area (Å²) < 4.78 is 0. The van der Waals surface area contributed by atoms with E-state index in [1.165, 1.54) is 44.9 Å². The van der Waals surface area contributed by atoms with Crippen molar-refractivity contribution in [2.75, 3.05) is 0 Å². The highest BCUT2D eigenvalue weighted by Gasteiger charge is 2.38. The van der Waals surface area contributed by atoms with Crippen molar-refractivity contribution in [2.45, 2.75) is 51.2 Å². The quantitative estimate of drug-likeness (QED) is 0.658. The van der Waals surface area contributed by atoms with E-state index in [1.807, 2.05) is 0 Å². The average molecular weight is 184 g/mol. The first-order chi connectivity index (χ1) is 6.29. The molecule has 0 saturated heterocycles. The molecule has 2 heteroatoms. The van der Waals surface area contributed by atoms with E-state index >= 15 is 0 Å². The molecule has 0 radical (unpaired) electrons. The SMILES string of the molecule is OC(O)C(C1CCCC1)C1CCC1. The van der Waals surface area contributed by atoms with E-state index in [1.54, 1.807) is 0 Å². The van der Waals surface area contributed by atoms with Crippen LogP contribution in [0.25, 0.3) is 0 Å². The number of aliphatic hydroxyl groups is 2. The average Bonchev–Trinajstić information content (AvgIpc) is 2.46. The van der Waals surface area contributed by atoms with Gasteiger partial charge in [-0.2, -0.15) is 0 Å². The van der Waals surface area contributed by atoms with Crippen molar-refractivity contribution in [2.24, 2.45) is 17.8 Å². The molecule has 2 saturated carbocycles. The second-order valence-corrected chi connectivity index (χ2v) is 4.73. The third kappa shape index (κ3) is 1.89. The molecule has 0 aromatic carbocycles. The maximum absolute atomic E-state index is 9.36. The second-order valence-electron chi connectivity index (χ2n) is 4.73. The van der Waals surface area contributed by atoms with Gasteiger partial charge in [0.25, 0.3) is 0 Å². The Bertz CT molecular complexity index is 157. The molecular weight excluding hydrogens is 164 g/mol. The van der Waals surface area contributed by atoms with E-state index in [-0.39, 0.29) is 5.92 Å². The van der Waals surface area contributed by atoms with E-state index < -0.39 is 6.29 Å². The smallest absolute Gasteiger partial charge is 0.154 e. The van der Waals surface area contributed by atoms with Crippen molar-refractivity contribution in [3.63, 3.8) is 0 Å². The Hall–Kier alpha value is -0.0800. The largest absolute Gasteiger partial charge is 0.368 e. The first-order valence-corrected chi connectivity index (χ1v) is 5.65. The highest BCUT2D eigenvalue weighted by molar-refractivity contribution is 4.85. The lowest BCUT2D eigenvalue weighted by atomic mass is 9.70. The Kier molecular flexibility index (Phi) is 2.89. The molecule has 2 nitrogen and oxygen atoms in total. The minimum atomic E-state index is -1.06. The molecule has 0 bridgehead atoms. The maximum Gasteiger partial charge on any atom is 0.154 e. The van der Waals surface area contributed by atoms with Crippen LogP contribution in [-0.2, 0) is 0 Å². The van der Waals surface area contributed by atoms with E-state index in [0.717, 1.165) is 0 Å². The van der Waals surface area contributed by atoms with Crippen LogP contribution in [0.4, 0.5) is 0 Å². The van der Waals surface area contributed by atoms with Gasteiger partial charge < -0.3 is 10.2 Å². The van der Waals surface area contributed by atoms with Gasteiger partial charge in [0.1, 0.15) is 0 Å². The maximum atomic E-state index is 9.36. The van der Waals surface area contributed by atoms with Crippen LogP contribution >= 0.6 is 0 Å². The van der Waals surface area contributed by atoms with Gasteiger partial charge in [-0.15, -0.1) is 0 Å². The molecule has 0 aromatic heterocycles. The standard InChI is InChI=1S/C11H20O2/c12-11(13)10(9-6-3-7-9)8-4-1-2-5-8/h8-13H,1-7H2. The van der Waals surface area contributed by atoms with Gasteiger partial charge in [-0.05, 0) is 37.5 Å². The van der Waals surface area contributed by atoms with E-state index in [4.69, 9.17) is 0 Å². The van der Waals surface area contributed by atoms with Gasteiger partial charge in [0.05, 0.1) is 0 Å². The van der Waals surface area contributed by atoms with Crippen LogP contribution in [0.1, 0.15) is 44.9 Å². The lowest BCUT2D eigenvalue weighted by molar-refractivity contribution is -0.128. The zero-order valence-corrected chi connectivity index (χ0v) is 8.15. The van der Waals surface area contributed by atoms with Crippen LogP contribution in [0, 0.1) is 17.8 Å². The summed E-state index contributed by atoms with van der Waals surface area (Å²) in [5.41, 5.74) is 0. The van der Waals surface area contributed by atoms with Crippen LogP contribution in [0.3, 0.4) is 0 Å². The Morgan fingerprint density at radius 3 is 1.54 bits per heavy atom. The lowest BCUT2D eigenvalue weighted by Gasteiger charge is -2.38. The summed E-state index contributed by atoms with van der Waals surface area (Å²) in [7, 11) is 0. The topological polar surface area (TPSA) is 40.5 Å². The molecule has 2 aliphatic rings. The highest BCUT2D eigenvalue weighted by atomic mass is 16.5. The van der Waals surface area contributed by atoms with E-state index in [9.17, 15) is 10.2 Å². The molecule has 0 aromatic rings. The number of hydrogen-bond acceptors (Lipinski definition) is 2. The zero-order chi connectivity index (χ0) is 9.26. The summed E-state index contributed by atoms with van der Waals surface area (Å²) in [6.45, 7) is 0. The summed E-state index contributed by atoms with van der Waals surface area (Å²) >= 11 is 0. The number of rotatable bonds is 3. The van der Waals surface area contributed by atoms with Gasteiger partial charge >= 0.3 is 0 Å². The summed E-state index contributed by atoms with van der Waals surface area (Å²) in [4.78, 5) is 0. The predicted molar refractivity (Wildman–Crippen MR) is 51.0 cm³/mol. The monoisotopic (exact) mass is 184 g/mol. The van der Waals surface area contributed by atoms with Crippen molar-refractivity contribution in [1.82, 2.24) is 0 Å². The zero-order valence-electron chi connectivity index (χ0n) is 8.15. The Morgan fingerprint density at radius 2 is 1.23 bits per heavy atom. The third-order valence-corrected chi connectivity index (χ3v) is 3.98. The fourth-order valence-electron chi connectivity index (χ4n) is 3.04. The Morgan fingerprint density at radius 1 is 0.769 bits per heavy atom. The predicted octanol–water partition coefficient (Wildman–Crippen LogP) is 1.90. The molecule has 0 spiro atoms. The van der Waals surface area contributed by atoms with Crippen molar-refractivity contribution in [3.05, 3.63) is 0 Å². The van der Waals surface area contributed by atoms with Crippen molar-refractivity contribution in [1.29, 1.82) is 0 Å². The molecule has 1 atom stereocenters. The number of hydrogen-bond donors (Lipinski definition) is 2.